The number of hydrogen-bond acceptors (Lipinski definition) is 11. The maximum Gasteiger partial charge on any atom is 0.330 e. The molecule has 11 nitrogen and oxygen atoms in total. The second-order valence-electron chi connectivity index (χ2n) is 12.7. The number of benzene rings is 2. The van der Waals surface area contributed by atoms with E-state index < -0.39 is 52.0 Å². The van der Waals surface area contributed by atoms with Gasteiger partial charge in [0.1, 0.15) is 5.82 Å². The van der Waals surface area contributed by atoms with E-state index in [1.807, 2.05) is 27.7 Å². The number of carbonyl (C=O) groups is 5. The van der Waals surface area contributed by atoms with Crippen LogP contribution in [0.3, 0.4) is 0 Å². The molecule has 2 unspecified atom stereocenters. The number of unbranched alkanes of at least 4 members (excludes halogenated alkanes) is 4. The minimum Gasteiger partial charge on any atom is -0.466 e. The van der Waals surface area contributed by atoms with Gasteiger partial charge in [0.25, 0.3) is 0 Å². The number of carbonyl (C=O) groups excluding carboxylic acids is 5. The monoisotopic (exact) mass is 725 g/mol. The molecule has 284 valence electrons. The van der Waals surface area contributed by atoms with Gasteiger partial charge in [-0.1, -0.05) is 89.8 Å². The van der Waals surface area contributed by atoms with Crippen LogP contribution in [0.25, 0.3) is 6.08 Å². The average Bonchev–Trinajstić information content (AvgIpc) is 3.74. The van der Waals surface area contributed by atoms with Gasteiger partial charge in [-0.25, -0.2) is 14.0 Å². The highest BCUT2D eigenvalue weighted by atomic mass is 19.1. The Hall–Kier alpha value is -4.58. The Morgan fingerprint density at radius 2 is 1.12 bits per heavy atom. The van der Waals surface area contributed by atoms with Crippen molar-refractivity contribution in [2.45, 2.75) is 96.6 Å². The summed E-state index contributed by atoms with van der Waals surface area (Å²) in [5, 5.41) is 3.14. The molecule has 0 aliphatic heterocycles. The molecule has 1 fully saturated rings. The molecule has 0 heterocycles. The van der Waals surface area contributed by atoms with Gasteiger partial charge in [0, 0.05) is 12.6 Å². The third kappa shape index (κ3) is 8.38. The molecule has 0 bridgehead atoms. The third-order valence-electron chi connectivity index (χ3n) is 9.20. The second kappa shape index (κ2) is 19.9. The van der Waals surface area contributed by atoms with Gasteiger partial charge < -0.3 is 23.7 Å². The molecule has 1 N–H and O–H groups in total. The molecule has 2 aromatic rings. The molecule has 52 heavy (non-hydrogen) atoms. The van der Waals surface area contributed by atoms with Crippen LogP contribution in [0.1, 0.15) is 95.8 Å². The first-order valence-corrected chi connectivity index (χ1v) is 18.1. The van der Waals surface area contributed by atoms with Crippen LogP contribution in [0.5, 0.6) is 0 Å². The molecule has 1 aliphatic rings. The summed E-state index contributed by atoms with van der Waals surface area (Å²) in [6.45, 7) is 7.06. The highest BCUT2D eigenvalue weighted by molar-refractivity contribution is 6.25. The summed E-state index contributed by atoms with van der Waals surface area (Å²) in [6.07, 6.45) is 7.25. The van der Waals surface area contributed by atoms with E-state index in [0.29, 0.717) is 62.5 Å². The summed E-state index contributed by atoms with van der Waals surface area (Å²) in [6, 6.07) is 11.5. The molecule has 2 aromatic carbocycles. The van der Waals surface area contributed by atoms with Crippen molar-refractivity contribution in [2.75, 3.05) is 33.5 Å². The Bertz CT molecular complexity index is 1520. The molecule has 3 rings (SSSR count). The van der Waals surface area contributed by atoms with Gasteiger partial charge in [-0.15, -0.1) is 0 Å². The average molecular weight is 726 g/mol. The Balaban J connectivity index is 2.37. The van der Waals surface area contributed by atoms with Crippen LogP contribution in [-0.2, 0) is 59.6 Å². The quantitative estimate of drug-likeness (QED) is 0.0491. The van der Waals surface area contributed by atoms with Crippen LogP contribution in [0.2, 0.25) is 0 Å². The van der Waals surface area contributed by atoms with Crippen molar-refractivity contribution < 1.29 is 52.0 Å². The lowest BCUT2D eigenvalue weighted by atomic mass is 9.85. The first-order valence-electron chi connectivity index (χ1n) is 18.1. The van der Waals surface area contributed by atoms with Crippen LogP contribution in [0.4, 0.5) is 4.39 Å². The number of hydrogen-bond donors (Lipinski definition) is 1. The Morgan fingerprint density at radius 3 is 1.58 bits per heavy atom. The van der Waals surface area contributed by atoms with Crippen LogP contribution in [0, 0.1) is 11.2 Å². The van der Waals surface area contributed by atoms with Gasteiger partial charge in [0.05, 0.1) is 33.5 Å². The minimum atomic E-state index is -2.67. The lowest BCUT2D eigenvalue weighted by Crippen LogP contribution is -2.52. The number of esters is 5. The lowest BCUT2D eigenvalue weighted by molar-refractivity contribution is -0.172. The van der Waals surface area contributed by atoms with E-state index in [4.69, 9.17) is 18.9 Å². The topological polar surface area (TPSA) is 144 Å². The van der Waals surface area contributed by atoms with E-state index >= 15 is 0 Å². The van der Waals surface area contributed by atoms with E-state index in [0.717, 1.165) is 12.1 Å². The largest absolute Gasteiger partial charge is 0.466 e. The minimum absolute atomic E-state index is 0.0291. The predicted molar refractivity (Wildman–Crippen MR) is 191 cm³/mol. The number of methoxy groups -OCH3 is 1. The fourth-order valence-electron chi connectivity index (χ4n) is 6.34. The first-order chi connectivity index (χ1) is 25.1. The maximum atomic E-state index is 14.8. The van der Waals surface area contributed by atoms with Gasteiger partial charge in [-0.05, 0) is 60.6 Å². The Kier molecular flexibility index (Phi) is 16.0. The van der Waals surface area contributed by atoms with Crippen LogP contribution < -0.4 is 5.32 Å². The molecular weight excluding hydrogens is 673 g/mol. The molecule has 2 atom stereocenters. The van der Waals surface area contributed by atoms with Crippen molar-refractivity contribution in [3.8, 4) is 0 Å². The Morgan fingerprint density at radius 1 is 0.654 bits per heavy atom. The summed E-state index contributed by atoms with van der Waals surface area (Å²) in [5.74, 6) is -5.62. The molecule has 0 spiro atoms. The second-order valence-corrected chi connectivity index (χ2v) is 12.7. The van der Waals surface area contributed by atoms with Gasteiger partial charge in [0.15, 0.2) is 11.0 Å². The normalized spacial score (nSPS) is 18.7. The Labute approximate surface area is 305 Å². The van der Waals surface area contributed by atoms with Crippen LogP contribution in [-0.4, -0.2) is 68.9 Å². The van der Waals surface area contributed by atoms with Crippen molar-refractivity contribution in [3.63, 3.8) is 0 Å². The van der Waals surface area contributed by atoms with Crippen molar-refractivity contribution in [2.24, 2.45) is 5.41 Å². The third-order valence-corrected chi connectivity index (χ3v) is 9.20. The summed E-state index contributed by atoms with van der Waals surface area (Å²) >= 11 is 0. The van der Waals surface area contributed by atoms with E-state index in [1.165, 1.54) is 25.3 Å². The number of ether oxygens (including phenoxy) is 5. The van der Waals surface area contributed by atoms with Crippen LogP contribution >= 0.6 is 0 Å². The lowest BCUT2D eigenvalue weighted by Gasteiger charge is -2.24. The molecule has 0 radical (unpaired) electrons. The maximum absolute atomic E-state index is 14.8. The first kappa shape index (κ1) is 41.8. The van der Waals surface area contributed by atoms with E-state index in [9.17, 15) is 28.4 Å². The van der Waals surface area contributed by atoms with Gasteiger partial charge >= 0.3 is 29.8 Å². The summed E-state index contributed by atoms with van der Waals surface area (Å²) in [4.78, 5) is 70.7. The zero-order valence-electron chi connectivity index (χ0n) is 30.9. The van der Waals surface area contributed by atoms with E-state index in [-0.39, 0.29) is 38.5 Å². The zero-order chi connectivity index (χ0) is 38.2. The van der Waals surface area contributed by atoms with Crippen molar-refractivity contribution in [3.05, 3.63) is 77.1 Å². The molecule has 1 saturated carbocycles. The zero-order valence-corrected chi connectivity index (χ0v) is 30.9. The number of rotatable bonds is 22. The van der Waals surface area contributed by atoms with Gasteiger partial charge in [-0.3, -0.25) is 19.7 Å². The number of halogens is 1. The highest BCUT2D eigenvalue weighted by Gasteiger charge is 3.03. The number of nitrogens with one attached hydrogen (secondary N) is 1. The highest BCUT2D eigenvalue weighted by Crippen LogP contribution is 2.74. The van der Waals surface area contributed by atoms with Gasteiger partial charge in [0.2, 0.25) is 5.41 Å². The summed E-state index contributed by atoms with van der Waals surface area (Å²) < 4.78 is 42.3. The summed E-state index contributed by atoms with van der Waals surface area (Å²) in [7, 11) is 1.27. The molecule has 1 aliphatic carbocycles. The van der Waals surface area contributed by atoms with Crippen molar-refractivity contribution in [1.29, 1.82) is 0 Å². The standard InChI is InChI=1S/C40H52FNO10/c1-6-10-24-49-34(44)38(31-19-21-32(41)22-20-31)39(35(45)50-25-11-7-2,36(46)51-26-12-8-3)40(38,37(47)52-27-13-9-4)42-28-30-16-14-29(15-17-30)18-23-33(43)48-5/h14-23,42H,6-13,24-28H2,1-5H3/b23-18+. The smallest absolute Gasteiger partial charge is 0.330 e. The summed E-state index contributed by atoms with van der Waals surface area (Å²) in [5.41, 5.74) is -6.33. The predicted octanol–water partition coefficient (Wildman–Crippen LogP) is 6.15. The van der Waals surface area contributed by atoms with Crippen LogP contribution in [0.15, 0.2) is 54.6 Å². The molecule has 12 heteroatoms. The van der Waals surface area contributed by atoms with E-state index in [2.05, 4.69) is 10.1 Å². The fraction of sp³-hybridized carbons (Fsp3) is 0.525. The molecule has 0 amide bonds. The van der Waals surface area contributed by atoms with Gasteiger partial charge in [-0.2, -0.15) is 0 Å². The van der Waals surface area contributed by atoms with Crippen molar-refractivity contribution in [1.82, 2.24) is 5.32 Å². The molecule has 0 aromatic heterocycles. The van der Waals surface area contributed by atoms with E-state index in [1.54, 1.807) is 30.3 Å². The van der Waals surface area contributed by atoms with Crippen molar-refractivity contribution >= 4 is 35.9 Å². The molecular formula is C40H52FNO10. The molecule has 0 saturated heterocycles. The SMILES string of the molecule is CCCCOC(=O)C1(NCc2ccc(/C=C/C(=O)OC)cc2)C(C(=O)OCCCC)(C(=O)OCCCC)C1(C(=O)OCCCC)c1ccc(F)cc1. The fourth-order valence-corrected chi connectivity index (χ4v) is 6.34.